The topological polar surface area (TPSA) is 121 Å². The Labute approximate surface area is 192 Å². The number of aromatic amines is 1. The van der Waals surface area contributed by atoms with Crippen molar-refractivity contribution in [3.63, 3.8) is 0 Å². The molecule has 0 aliphatic heterocycles. The van der Waals surface area contributed by atoms with Crippen molar-refractivity contribution < 1.29 is 14.3 Å². The number of hydrogen-bond acceptors (Lipinski definition) is 6. The predicted molar refractivity (Wildman–Crippen MR) is 127 cm³/mol. The molecule has 0 unspecified atom stereocenters. The van der Waals surface area contributed by atoms with Crippen LogP contribution in [0.25, 0.3) is 22.0 Å². The first-order valence-corrected chi connectivity index (χ1v) is 11.3. The van der Waals surface area contributed by atoms with E-state index in [9.17, 15) is 9.59 Å². The van der Waals surface area contributed by atoms with Crippen LogP contribution in [0.1, 0.15) is 49.9 Å². The molecule has 0 bridgehead atoms. The van der Waals surface area contributed by atoms with Gasteiger partial charge in [0.1, 0.15) is 0 Å². The van der Waals surface area contributed by atoms with E-state index in [1.165, 1.54) is 7.11 Å². The number of aromatic nitrogens is 3. The van der Waals surface area contributed by atoms with Crippen LogP contribution in [-0.2, 0) is 4.74 Å². The molecule has 0 saturated heterocycles. The van der Waals surface area contributed by atoms with Crippen LogP contribution in [0.4, 0.5) is 10.5 Å². The molecular weight excluding hydrogens is 420 g/mol. The van der Waals surface area contributed by atoms with Gasteiger partial charge in [0.25, 0.3) is 5.91 Å². The van der Waals surface area contributed by atoms with Crippen molar-refractivity contribution in [2.45, 2.75) is 57.7 Å². The summed E-state index contributed by atoms with van der Waals surface area (Å²) in [6.45, 7) is 4.09. The van der Waals surface area contributed by atoms with Crippen molar-refractivity contribution in [3.8, 4) is 11.1 Å². The molecule has 1 aliphatic carbocycles. The lowest BCUT2D eigenvalue weighted by molar-refractivity contribution is 0.0923. The normalized spacial score (nSPS) is 18.2. The Bertz CT molecular complexity index is 1120. The molecule has 2 amide bonds. The first-order valence-electron chi connectivity index (χ1n) is 11.3. The number of hydrogen-bond donors (Lipinski definition) is 4. The van der Waals surface area contributed by atoms with Crippen molar-refractivity contribution in [2.24, 2.45) is 0 Å². The molecule has 4 N–H and O–H groups in total. The summed E-state index contributed by atoms with van der Waals surface area (Å²) in [6, 6.07) is 6.26. The van der Waals surface area contributed by atoms with Crippen LogP contribution in [0, 0.1) is 0 Å². The number of rotatable bonds is 6. The van der Waals surface area contributed by atoms with Crippen LogP contribution >= 0.6 is 0 Å². The standard InChI is InChI=1S/C24H30N6O3/c1-14(2)28-22-19-10-15(16-11-26-27-12-16)4-9-21(19)25-13-20(22)23(31)29-17-5-7-18(8-6-17)30-24(32)33-3/h4,9-14,17-18H,5-8H2,1-3H3,(H,25,28)(H,26,27)(H,29,31)(H,30,32)/t17-,18-. The van der Waals surface area contributed by atoms with Gasteiger partial charge >= 0.3 is 6.09 Å². The Balaban J connectivity index is 1.56. The number of fused-ring (bicyclic) bond motifs is 1. The number of H-pyrrole nitrogens is 1. The highest BCUT2D eigenvalue weighted by molar-refractivity contribution is 6.08. The number of methoxy groups -OCH3 is 1. The molecular formula is C24H30N6O3. The smallest absolute Gasteiger partial charge is 0.407 e. The first-order chi connectivity index (χ1) is 15.9. The van der Waals surface area contributed by atoms with E-state index < -0.39 is 6.09 Å². The second-order valence-electron chi connectivity index (χ2n) is 8.72. The van der Waals surface area contributed by atoms with Crippen molar-refractivity contribution in [1.82, 2.24) is 25.8 Å². The Morgan fingerprint density at radius 2 is 1.79 bits per heavy atom. The number of amides is 2. The third-order valence-electron chi connectivity index (χ3n) is 5.95. The van der Waals surface area contributed by atoms with E-state index in [0.717, 1.165) is 53.4 Å². The van der Waals surface area contributed by atoms with Gasteiger partial charge in [0.05, 0.1) is 30.1 Å². The largest absolute Gasteiger partial charge is 0.453 e. The number of carbonyl (C=O) groups is 2. The number of benzene rings is 1. The van der Waals surface area contributed by atoms with Crippen molar-refractivity contribution in [1.29, 1.82) is 0 Å². The maximum atomic E-state index is 13.3. The monoisotopic (exact) mass is 450 g/mol. The van der Waals surface area contributed by atoms with E-state index >= 15 is 0 Å². The number of anilines is 1. The highest BCUT2D eigenvalue weighted by Crippen LogP contribution is 2.31. The van der Waals surface area contributed by atoms with Gasteiger partial charge in [-0.25, -0.2) is 4.79 Å². The van der Waals surface area contributed by atoms with Crippen molar-refractivity contribution in [2.75, 3.05) is 12.4 Å². The van der Waals surface area contributed by atoms with E-state index in [2.05, 4.69) is 35.9 Å². The van der Waals surface area contributed by atoms with Gasteiger partial charge in [-0.2, -0.15) is 5.10 Å². The van der Waals surface area contributed by atoms with Crippen LogP contribution in [0.5, 0.6) is 0 Å². The van der Waals surface area contributed by atoms with E-state index in [1.54, 1.807) is 12.4 Å². The fraction of sp³-hybridized carbons (Fsp3) is 0.417. The molecule has 1 aromatic carbocycles. The zero-order chi connectivity index (χ0) is 23.4. The number of pyridine rings is 1. The number of ether oxygens (including phenoxy) is 1. The molecule has 2 heterocycles. The molecule has 1 saturated carbocycles. The van der Waals surface area contributed by atoms with Gasteiger partial charge < -0.3 is 20.7 Å². The molecule has 9 nitrogen and oxygen atoms in total. The van der Waals surface area contributed by atoms with Gasteiger partial charge in [0.2, 0.25) is 0 Å². The summed E-state index contributed by atoms with van der Waals surface area (Å²) in [5, 5.41) is 17.2. The van der Waals surface area contributed by atoms with E-state index in [1.807, 2.05) is 38.2 Å². The molecule has 174 valence electrons. The lowest BCUT2D eigenvalue weighted by Gasteiger charge is -2.29. The third-order valence-corrected chi connectivity index (χ3v) is 5.95. The minimum absolute atomic E-state index is 0.0491. The Kier molecular flexibility index (Phi) is 6.76. The van der Waals surface area contributed by atoms with Gasteiger partial charge in [-0.15, -0.1) is 0 Å². The zero-order valence-corrected chi connectivity index (χ0v) is 19.1. The summed E-state index contributed by atoms with van der Waals surface area (Å²) in [4.78, 5) is 29.3. The summed E-state index contributed by atoms with van der Waals surface area (Å²) in [5.41, 5.74) is 4.09. The van der Waals surface area contributed by atoms with Crippen LogP contribution in [0.3, 0.4) is 0 Å². The minimum Gasteiger partial charge on any atom is -0.453 e. The van der Waals surface area contributed by atoms with E-state index in [-0.39, 0.29) is 24.0 Å². The Morgan fingerprint density at radius 3 is 2.42 bits per heavy atom. The number of alkyl carbamates (subject to hydrolysis) is 1. The molecule has 4 rings (SSSR count). The van der Waals surface area contributed by atoms with E-state index in [4.69, 9.17) is 0 Å². The summed E-state index contributed by atoms with van der Waals surface area (Å²) >= 11 is 0. The fourth-order valence-corrected chi connectivity index (χ4v) is 4.27. The molecule has 3 aromatic rings. The third kappa shape index (κ3) is 5.24. The zero-order valence-electron chi connectivity index (χ0n) is 19.1. The highest BCUT2D eigenvalue weighted by Gasteiger charge is 2.25. The Hall–Kier alpha value is -3.62. The summed E-state index contributed by atoms with van der Waals surface area (Å²) in [5.74, 6) is -0.148. The summed E-state index contributed by atoms with van der Waals surface area (Å²) < 4.78 is 4.68. The minimum atomic E-state index is -0.413. The number of carbonyl (C=O) groups excluding carboxylic acids is 2. The lowest BCUT2D eigenvalue weighted by atomic mass is 9.91. The SMILES string of the molecule is COC(=O)N[C@H]1CC[C@H](NC(=O)c2cnc3ccc(-c4cn[nH]c4)cc3c2NC(C)C)CC1. The average Bonchev–Trinajstić information content (AvgIpc) is 3.35. The van der Waals surface area contributed by atoms with Gasteiger partial charge in [-0.3, -0.25) is 14.9 Å². The van der Waals surface area contributed by atoms with Gasteiger partial charge in [0, 0.05) is 41.5 Å². The molecule has 0 spiro atoms. The van der Waals surface area contributed by atoms with Gasteiger partial charge in [0.15, 0.2) is 0 Å². The fourth-order valence-electron chi connectivity index (χ4n) is 4.27. The highest BCUT2D eigenvalue weighted by atomic mass is 16.5. The van der Waals surface area contributed by atoms with Crippen LogP contribution < -0.4 is 16.0 Å². The maximum absolute atomic E-state index is 13.3. The lowest BCUT2D eigenvalue weighted by Crippen LogP contribution is -2.44. The Morgan fingerprint density at radius 1 is 1.06 bits per heavy atom. The molecule has 2 aromatic heterocycles. The van der Waals surface area contributed by atoms with E-state index in [0.29, 0.717) is 5.56 Å². The maximum Gasteiger partial charge on any atom is 0.407 e. The van der Waals surface area contributed by atoms with Crippen molar-refractivity contribution in [3.05, 3.63) is 42.4 Å². The first kappa shape index (κ1) is 22.6. The second-order valence-corrected chi connectivity index (χ2v) is 8.72. The molecule has 9 heteroatoms. The predicted octanol–water partition coefficient (Wildman–Crippen LogP) is 3.84. The average molecular weight is 451 g/mol. The quantitative estimate of drug-likeness (QED) is 0.453. The van der Waals surface area contributed by atoms with Gasteiger partial charge in [-0.1, -0.05) is 6.07 Å². The molecule has 33 heavy (non-hydrogen) atoms. The summed E-state index contributed by atoms with van der Waals surface area (Å²) in [7, 11) is 1.36. The number of nitrogens with one attached hydrogen (secondary N) is 4. The molecule has 0 atom stereocenters. The molecule has 1 aliphatic rings. The molecule has 1 fully saturated rings. The summed E-state index contributed by atoms with van der Waals surface area (Å²) in [6.07, 6.45) is 8.01. The number of nitrogens with zero attached hydrogens (tertiary/aromatic N) is 2. The van der Waals surface area contributed by atoms with Gasteiger partial charge in [-0.05, 0) is 57.2 Å². The van der Waals surface area contributed by atoms with Crippen LogP contribution in [-0.4, -0.2) is 52.4 Å². The van der Waals surface area contributed by atoms with Crippen LogP contribution in [0.2, 0.25) is 0 Å². The van der Waals surface area contributed by atoms with Crippen LogP contribution in [0.15, 0.2) is 36.8 Å². The second kappa shape index (κ2) is 9.89. The molecule has 0 radical (unpaired) electrons. The van der Waals surface area contributed by atoms with Crippen molar-refractivity contribution >= 4 is 28.6 Å².